The van der Waals surface area contributed by atoms with Gasteiger partial charge >= 0.3 is 0 Å². The summed E-state index contributed by atoms with van der Waals surface area (Å²) in [4.78, 5) is 0.232. The highest BCUT2D eigenvalue weighted by molar-refractivity contribution is 7.89. The van der Waals surface area contributed by atoms with Crippen LogP contribution in [0.1, 0.15) is 17.8 Å². The Hall–Kier alpha value is -1.67. The molecule has 0 aliphatic rings. The molecule has 2 heterocycles. The Kier molecular flexibility index (Phi) is 4.24. The molecule has 110 valence electrons. The van der Waals surface area contributed by atoms with Crippen LogP contribution >= 0.6 is 0 Å². The molecule has 0 saturated heterocycles. The molecule has 0 bridgehead atoms. The van der Waals surface area contributed by atoms with E-state index in [4.69, 9.17) is 0 Å². The van der Waals surface area contributed by atoms with Gasteiger partial charge in [0.05, 0.1) is 11.9 Å². The van der Waals surface area contributed by atoms with Crippen molar-refractivity contribution in [2.24, 2.45) is 7.05 Å². The molecule has 0 amide bonds. The summed E-state index contributed by atoms with van der Waals surface area (Å²) in [6.45, 7) is 4.76. The molecule has 0 atom stereocenters. The second kappa shape index (κ2) is 5.76. The molecule has 2 aromatic rings. The summed E-state index contributed by atoms with van der Waals surface area (Å²) < 4.78 is 30.2. The van der Waals surface area contributed by atoms with E-state index in [0.717, 1.165) is 5.69 Å². The first-order valence-corrected chi connectivity index (χ1v) is 7.87. The van der Waals surface area contributed by atoms with E-state index >= 15 is 0 Å². The van der Waals surface area contributed by atoms with E-state index < -0.39 is 10.0 Å². The number of rotatable bonds is 6. The fraction of sp³-hybridized carbons (Fsp3) is 0.500. The lowest BCUT2D eigenvalue weighted by atomic mass is 10.4. The van der Waals surface area contributed by atoms with Crippen LogP contribution in [0.25, 0.3) is 0 Å². The third-order valence-electron chi connectivity index (χ3n) is 3.25. The standard InChI is InChI=1S/C12H19N5O2S/c1-10-5-7-13-17(10)8-4-6-15-20(18,19)12-9-14-16(3)11(12)2/h5,7,9,15H,4,6,8H2,1-3H3. The first-order valence-electron chi connectivity index (χ1n) is 6.38. The van der Waals surface area contributed by atoms with Crippen LogP contribution < -0.4 is 4.72 Å². The molecule has 2 aromatic heterocycles. The second-order valence-corrected chi connectivity index (χ2v) is 6.40. The summed E-state index contributed by atoms with van der Waals surface area (Å²) in [6, 6.07) is 1.92. The van der Waals surface area contributed by atoms with Gasteiger partial charge < -0.3 is 0 Å². The van der Waals surface area contributed by atoms with E-state index in [1.807, 2.05) is 17.7 Å². The van der Waals surface area contributed by atoms with Crippen molar-refractivity contribution in [3.8, 4) is 0 Å². The highest BCUT2D eigenvalue weighted by atomic mass is 32.2. The van der Waals surface area contributed by atoms with Gasteiger partial charge in [0.15, 0.2) is 0 Å². The van der Waals surface area contributed by atoms with Crippen molar-refractivity contribution in [3.63, 3.8) is 0 Å². The summed E-state index contributed by atoms with van der Waals surface area (Å²) in [5, 5.41) is 8.10. The lowest BCUT2D eigenvalue weighted by molar-refractivity contribution is 0.545. The molecule has 0 aromatic carbocycles. The Bertz CT molecular complexity index is 687. The summed E-state index contributed by atoms with van der Waals surface area (Å²) in [7, 11) is -1.77. The van der Waals surface area contributed by atoms with Crippen molar-refractivity contribution in [2.75, 3.05) is 6.54 Å². The van der Waals surface area contributed by atoms with Gasteiger partial charge in [-0.3, -0.25) is 9.36 Å². The molecule has 0 aliphatic heterocycles. The van der Waals surface area contributed by atoms with Crippen LogP contribution in [0, 0.1) is 13.8 Å². The molecule has 7 nitrogen and oxygen atoms in total. The predicted octanol–water partition coefficient (Wildman–Crippen LogP) is 0.602. The van der Waals surface area contributed by atoms with Crippen molar-refractivity contribution < 1.29 is 8.42 Å². The topological polar surface area (TPSA) is 81.8 Å². The Morgan fingerprint density at radius 2 is 2.05 bits per heavy atom. The van der Waals surface area contributed by atoms with Crippen LogP contribution in [-0.4, -0.2) is 34.5 Å². The van der Waals surface area contributed by atoms with Gasteiger partial charge in [-0.15, -0.1) is 0 Å². The maximum atomic E-state index is 12.1. The van der Waals surface area contributed by atoms with Gasteiger partial charge in [0.1, 0.15) is 4.90 Å². The summed E-state index contributed by atoms with van der Waals surface area (Å²) in [5.74, 6) is 0. The minimum atomic E-state index is -3.48. The van der Waals surface area contributed by atoms with E-state index in [-0.39, 0.29) is 4.90 Å². The van der Waals surface area contributed by atoms with E-state index in [9.17, 15) is 8.42 Å². The number of hydrogen-bond acceptors (Lipinski definition) is 4. The van der Waals surface area contributed by atoms with Crippen LogP contribution in [0.3, 0.4) is 0 Å². The smallest absolute Gasteiger partial charge is 0.243 e. The average Bonchev–Trinajstić information content (AvgIpc) is 2.93. The predicted molar refractivity (Wildman–Crippen MR) is 74.7 cm³/mol. The van der Waals surface area contributed by atoms with Gasteiger partial charge in [0, 0.05) is 32.0 Å². The minimum absolute atomic E-state index is 0.232. The number of sulfonamides is 1. The SMILES string of the molecule is Cc1c(S(=O)(=O)NCCCn2nccc2C)cnn1C. The summed E-state index contributed by atoms with van der Waals surface area (Å²) >= 11 is 0. The van der Waals surface area contributed by atoms with Crippen LogP contribution in [0.5, 0.6) is 0 Å². The maximum Gasteiger partial charge on any atom is 0.243 e. The Balaban J connectivity index is 1.90. The lowest BCUT2D eigenvalue weighted by Crippen LogP contribution is -2.26. The van der Waals surface area contributed by atoms with Gasteiger partial charge in [-0.1, -0.05) is 0 Å². The second-order valence-electron chi connectivity index (χ2n) is 4.66. The van der Waals surface area contributed by atoms with Gasteiger partial charge in [-0.25, -0.2) is 13.1 Å². The van der Waals surface area contributed by atoms with Gasteiger partial charge in [-0.05, 0) is 26.3 Å². The van der Waals surface area contributed by atoms with Crippen molar-refractivity contribution in [1.29, 1.82) is 0 Å². The number of aryl methyl sites for hydroxylation is 3. The largest absolute Gasteiger partial charge is 0.272 e. The quantitative estimate of drug-likeness (QED) is 0.792. The van der Waals surface area contributed by atoms with Crippen molar-refractivity contribution in [3.05, 3.63) is 29.8 Å². The Morgan fingerprint density at radius 1 is 1.30 bits per heavy atom. The van der Waals surface area contributed by atoms with E-state index in [2.05, 4.69) is 14.9 Å². The van der Waals surface area contributed by atoms with Gasteiger partial charge in [0.2, 0.25) is 10.0 Å². The molecule has 0 radical (unpaired) electrons. The van der Waals surface area contributed by atoms with Crippen LogP contribution in [0.2, 0.25) is 0 Å². The first-order chi connectivity index (χ1) is 9.42. The zero-order valence-corrected chi connectivity index (χ0v) is 12.7. The number of nitrogens with zero attached hydrogens (tertiary/aromatic N) is 4. The molecular formula is C12H19N5O2S. The molecular weight excluding hydrogens is 278 g/mol. The number of aromatic nitrogens is 4. The zero-order chi connectivity index (χ0) is 14.8. The van der Waals surface area contributed by atoms with Crippen molar-refractivity contribution in [1.82, 2.24) is 24.3 Å². The third kappa shape index (κ3) is 3.07. The van der Waals surface area contributed by atoms with Crippen LogP contribution in [0.4, 0.5) is 0 Å². The zero-order valence-electron chi connectivity index (χ0n) is 11.9. The Morgan fingerprint density at radius 3 is 2.60 bits per heavy atom. The molecule has 0 saturated carbocycles. The molecule has 20 heavy (non-hydrogen) atoms. The Labute approximate surface area is 118 Å². The fourth-order valence-electron chi connectivity index (χ4n) is 1.89. The summed E-state index contributed by atoms with van der Waals surface area (Å²) in [5.41, 5.74) is 1.69. The molecule has 0 aliphatic carbocycles. The highest BCUT2D eigenvalue weighted by Crippen LogP contribution is 2.12. The lowest BCUT2D eigenvalue weighted by Gasteiger charge is -2.07. The molecule has 8 heteroatoms. The van der Waals surface area contributed by atoms with E-state index in [1.54, 1.807) is 24.9 Å². The third-order valence-corrected chi connectivity index (χ3v) is 4.81. The molecule has 0 fully saturated rings. The van der Waals surface area contributed by atoms with Gasteiger partial charge in [-0.2, -0.15) is 10.2 Å². The maximum absolute atomic E-state index is 12.1. The van der Waals surface area contributed by atoms with Crippen LogP contribution in [-0.2, 0) is 23.6 Å². The minimum Gasteiger partial charge on any atom is -0.272 e. The van der Waals surface area contributed by atoms with E-state index in [0.29, 0.717) is 25.2 Å². The fourth-order valence-corrected chi connectivity index (χ4v) is 3.16. The highest BCUT2D eigenvalue weighted by Gasteiger charge is 2.19. The van der Waals surface area contributed by atoms with Crippen molar-refractivity contribution >= 4 is 10.0 Å². The molecule has 1 N–H and O–H groups in total. The van der Waals surface area contributed by atoms with Gasteiger partial charge in [0.25, 0.3) is 0 Å². The molecule has 0 spiro atoms. The summed E-state index contributed by atoms with van der Waals surface area (Å²) in [6.07, 6.45) is 3.79. The van der Waals surface area contributed by atoms with Crippen molar-refractivity contribution in [2.45, 2.75) is 31.7 Å². The van der Waals surface area contributed by atoms with E-state index in [1.165, 1.54) is 6.20 Å². The number of nitrogens with one attached hydrogen (secondary N) is 1. The molecule has 2 rings (SSSR count). The number of hydrogen-bond donors (Lipinski definition) is 1. The molecule has 0 unspecified atom stereocenters. The normalized spacial score (nSPS) is 11.9. The monoisotopic (exact) mass is 297 g/mol. The first kappa shape index (κ1) is 14.7. The average molecular weight is 297 g/mol. The van der Waals surface area contributed by atoms with Crippen LogP contribution in [0.15, 0.2) is 23.4 Å².